The Kier molecular flexibility index (Phi) is 5.22. The highest BCUT2D eigenvalue weighted by atomic mass is 16.6. The van der Waals surface area contributed by atoms with Crippen LogP contribution < -0.4 is 5.11 Å². The predicted octanol–water partition coefficient (Wildman–Crippen LogP) is -1.18. The molecule has 0 unspecified atom stereocenters. The number of carbonyl (C=O) groups is 2. The Morgan fingerprint density at radius 1 is 1.21 bits per heavy atom. The predicted molar refractivity (Wildman–Crippen MR) is 78.4 cm³/mol. The lowest BCUT2D eigenvalue weighted by molar-refractivity contribution is -0.300. The Labute approximate surface area is 136 Å². The molecule has 8 nitrogen and oxygen atoms in total. The van der Waals surface area contributed by atoms with Gasteiger partial charge in [-0.15, -0.1) is 0 Å². The lowest BCUT2D eigenvalue weighted by Crippen LogP contribution is -2.44. The summed E-state index contributed by atoms with van der Waals surface area (Å²) < 4.78 is 4.95. The molecule has 0 bridgehead atoms. The number of ether oxygens (including phenoxy) is 1. The fourth-order valence-corrected chi connectivity index (χ4v) is 2.19. The zero-order valence-electron chi connectivity index (χ0n) is 12.3. The zero-order chi connectivity index (χ0) is 17.9. The minimum atomic E-state index is -1.52. The van der Waals surface area contributed by atoms with Gasteiger partial charge in [-0.05, 0) is 35.4 Å². The third-order valence-corrected chi connectivity index (χ3v) is 3.46. The number of aliphatic hydroxyl groups excluding tert-OH is 2. The standard InChI is InChI=1S/C16H16O8/c17-10-3-1-8(5-11(10)18)2-4-14(20)24-13-7-9(16(22)23)6-12(19)15(13)21/h1-6,12-13,15,17-19,21H,7H2,(H,22,23)/p-1/b4-2+/t12-,13-,15-/m1/s1. The summed E-state index contributed by atoms with van der Waals surface area (Å²) in [5, 5.41) is 48.7. The second-order valence-corrected chi connectivity index (χ2v) is 5.22. The molecule has 1 aliphatic rings. The van der Waals surface area contributed by atoms with Crippen LogP contribution in [0.3, 0.4) is 0 Å². The zero-order valence-corrected chi connectivity index (χ0v) is 12.3. The number of aromatic hydroxyl groups is 2. The van der Waals surface area contributed by atoms with Crippen molar-refractivity contribution in [2.75, 3.05) is 0 Å². The van der Waals surface area contributed by atoms with Gasteiger partial charge in [0.05, 0.1) is 5.97 Å². The van der Waals surface area contributed by atoms with Crippen LogP contribution in [0.25, 0.3) is 6.08 Å². The average Bonchev–Trinajstić information content (AvgIpc) is 2.52. The van der Waals surface area contributed by atoms with E-state index in [-0.39, 0.29) is 23.5 Å². The van der Waals surface area contributed by atoms with Crippen molar-refractivity contribution in [3.05, 3.63) is 41.5 Å². The minimum Gasteiger partial charge on any atom is -0.545 e. The van der Waals surface area contributed by atoms with Gasteiger partial charge in [-0.25, -0.2) is 4.79 Å². The maximum Gasteiger partial charge on any atom is 0.331 e. The Morgan fingerprint density at radius 3 is 2.54 bits per heavy atom. The van der Waals surface area contributed by atoms with Gasteiger partial charge >= 0.3 is 5.97 Å². The first-order valence-corrected chi connectivity index (χ1v) is 6.97. The molecule has 0 aliphatic heterocycles. The van der Waals surface area contributed by atoms with E-state index in [9.17, 15) is 35.1 Å². The van der Waals surface area contributed by atoms with Gasteiger partial charge in [0.1, 0.15) is 18.3 Å². The number of carboxylic acid groups (broad SMARTS) is 1. The largest absolute Gasteiger partial charge is 0.545 e. The Bertz CT molecular complexity index is 706. The molecule has 128 valence electrons. The molecular weight excluding hydrogens is 320 g/mol. The fraction of sp³-hybridized carbons (Fsp3) is 0.250. The SMILES string of the molecule is O=C(/C=C/c1ccc(O)c(O)c1)O[C@@H]1CC(C(=O)[O-])=C[C@@H](O)[C@H]1O. The van der Waals surface area contributed by atoms with Gasteiger partial charge in [-0.1, -0.05) is 6.07 Å². The summed E-state index contributed by atoms with van der Waals surface area (Å²) in [6, 6.07) is 3.89. The van der Waals surface area contributed by atoms with E-state index >= 15 is 0 Å². The van der Waals surface area contributed by atoms with Crippen LogP contribution in [0.1, 0.15) is 12.0 Å². The van der Waals surface area contributed by atoms with Gasteiger partial charge in [0.15, 0.2) is 11.5 Å². The summed E-state index contributed by atoms with van der Waals surface area (Å²) in [4.78, 5) is 22.6. The van der Waals surface area contributed by atoms with E-state index in [0.717, 1.165) is 12.2 Å². The van der Waals surface area contributed by atoms with Gasteiger partial charge < -0.3 is 35.1 Å². The van der Waals surface area contributed by atoms with Crippen molar-refractivity contribution in [1.29, 1.82) is 0 Å². The summed E-state index contributed by atoms with van der Waals surface area (Å²) in [6.07, 6.45) is -1.22. The molecule has 0 fully saturated rings. The summed E-state index contributed by atoms with van der Waals surface area (Å²) >= 11 is 0. The number of esters is 1. The fourth-order valence-electron chi connectivity index (χ4n) is 2.19. The molecule has 0 aromatic heterocycles. The van der Waals surface area contributed by atoms with E-state index in [1.807, 2.05) is 0 Å². The van der Waals surface area contributed by atoms with Crippen molar-refractivity contribution < 1.29 is 39.9 Å². The lowest BCUT2D eigenvalue weighted by atomic mass is 9.92. The van der Waals surface area contributed by atoms with Crippen LogP contribution in [0.5, 0.6) is 11.5 Å². The number of aliphatic hydroxyl groups is 2. The molecule has 24 heavy (non-hydrogen) atoms. The number of phenols is 2. The smallest absolute Gasteiger partial charge is 0.331 e. The van der Waals surface area contributed by atoms with Crippen LogP contribution in [0, 0.1) is 0 Å². The Hall–Kier alpha value is -2.84. The highest BCUT2D eigenvalue weighted by molar-refractivity contribution is 5.88. The van der Waals surface area contributed by atoms with Crippen LogP contribution in [0.2, 0.25) is 0 Å². The number of phenolic OH excluding ortho intramolecular Hbond substituents is 2. The molecule has 0 saturated heterocycles. The van der Waals surface area contributed by atoms with Gasteiger partial charge in [-0.2, -0.15) is 0 Å². The first kappa shape index (κ1) is 17.5. The van der Waals surface area contributed by atoms with Crippen molar-refractivity contribution in [1.82, 2.24) is 0 Å². The number of aliphatic carboxylic acids is 1. The number of rotatable bonds is 4. The summed E-state index contributed by atoms with van der Waals surface area (Å²) in [6.45, 7) is 0. The molecular formula is C16H15O8-. The van der Waals surface area contributed by atoms with E-state index < -0.39 is 30.3 Å². The maximum absolute atomic E-state index is 11.8. The van der Waals surface area contributed by atoms with Crippen LogP contribution in [0.15, 0.2) is 35.9 Å². The van der Waals surface area contributed by atoms with E-state index in [1.165, 1.54) is 24.3 Å². The Balaban J connectivity index is 2.03. The topological polar surface area (TPSA) is 147 Å². The second kappa shape index (κ2) is 7.16. The summed E-state index contributed by atoms with van der Waals surface area (Å²) in [7, 11) is 0. The molecule has 0 radical (unpaired) electrons. The number of hydrogen-bond donors (Lipinski definition) is 4. The normalized spacial score (nSPS) is 23.8. The van der Waals surface area contributed by atoms with Crippen LogP contribution in [0.4, 0.5) is 0 Å². The van der Waals surface area contributed by atoms with E-state index in [2.05, 4.69) is 0 Å². The van der Waals surface area contributed by atoms with Crippen LogP contribution >= 0.6 is 0 Å². The van der Waals surface area contributed by atoms with Gasteiger partial charge in [0.25, 0.3) is 0 Å². The molecule has 0 heterocycles. The first-order valence-electron chi connectivity index (χ1n) is 6.97. The van der Waals surface area contributed by atoms with E-state index in [1.54, 1.807) is 0 Å². The van der Waals surface area contributed by atoms with Crippen molar-refractivity contribution in [2.24, 2.45) is 0 Å². The molecule has 1 aromatic rings. The molecule has 3 atom stereocenters. The van der Waals surface area contributed by atoms with E-state index in [4.69, 9.17) is 4.74 Å². The molecule has 1 aromatic carbocycles. The van der Waals surface area contributed by atoms with Gasteiger partial charge in [0, 0.05) is 12.5 Å². The summed E-state index contributed by atoms with van der Waals surface area (Å²) in [5.74, 6) is -3.06. The highest BCUT2D eigenvalue weighted by Crippen LogP contribution is 2.25. The maximum atomic E-state index is 11.8. The quantitative estimate of drug-likeness (QED) is 0.305. The first-order chi connectivity index (χ1) is 11.3. The Morgan fingerprint density at radius 2 is 1.92 bits per heavy atom. The second-order valence-electron chi connectivity index (χ2n) is 5.22. The molecule has 8 heteroatoms. The van der Waals surface area contributed by atoms with Crippen molar-refractivity contribution >= 4 is 18.0 Å². The molecule has 1 aliphatic carbocycles. The number of carboxylic acids is 1. The molecule has 4 N–H and O–H groups in total. The minimum absolute atomic E-state index is 0.266. The van der Waals surface area contributed by atoms with Crippen LogP contribution in [-0.2, 0) is 14.3 Å². The molecule has 2 rings (SSSR count). The van der Waals surface area contributed by atoms with Gasteiger partial charge in [-0.3, -0.25) is 0 Å². The average molecular weight is 335 g/mol. The molecule has 0 saturated carbocycles. The third kappa shape index (κ3) is 4.12. The molecule has 0 amide bonds. The number of hydrogen-bond acceptors (Lipinski definition) is 8. The van der Waals surface area contributed by atoms with E-state index in [0.29, 0.717) is 5.56 Å². The summed E-state index contributed by atoms with van der Waals surface area (Å²) in [5.41, 5.74) is 0.139. The monoisotopic (exact) mass is 335 g/mol. The van der Waals surface area contributed by atoms with Crippen molar-refractivity contribution in [2.45, 2.75) is 24.7 Å². The van der Waals surface area contributed by atoms with Gasteiger partial charge in [0.2, 0.25) is 0 Å². The highest BCUT2D eigenvalue weighted by Gasteiger charge is 2.33. The molecule has 0 spiro atoms. The van der Waals surface area contributed by atoms with Crippen molar-refractivity contribution in [3.8, 4) is 11.5 Å². The van der Waals surface area contributed by atoms with Crippen LogP contribution in [-0.4, -0.2) is 50.7 Å². The number of benzene rings is 1. The lowest BCUT2D eigenvalue weighted by Gasteiger charge is -2.30. The third-order valence-electron chi connectivity index (χ3n) is 3.46. The number of carbonyl (C=O) groups excluding carboxylic acids is 2. The van der Waals surface area contributed by atoms with Crippen molar-refractivity contribution in [3.63, 3.8) is 0 Å².